The summed E-state index contributed by atoms with van der Waals surface area (Å²) in [6.07, 6.45) is 5.65. The van der Waals surface area contributed by atoms with E-state index in [0.29, 0.717) is 11.2 Å². The number of carboxylic acid groups (broad SMARTS) is 1. The van der Waals surface area contributed by atoms with Crippen molar-refractivity contribution in [3.8, 4) is 5.69 Å². The highest BCUT2D eigenvalue weighted by Gasteiger charge is 2.42. The molecule has 1 aliphatic carbocycles. The second-order valence-electron chi connectivity index (χ2n) is 6.95. The number of hydrogen-bond acceptors (Lipinski definition) is 5. The van der Waals surface area contributed by atoms with Gasteiger partial charge in [-0.05, 0) is 49.6 Å². The fourth-order valence-corrected chi connectivity index (χ4v) is 3.15. The Morgan fingerprint density at radius 3 is 2.67 bits per heavy atom. The molecule has 1 atom stereocenters. The number of aromatic nitrogens is 3. The summed E-state index contributed by atoms with van der Waals surface area (Å²) in [5, 5.41) is 24.6. The summed E-state index contributed by atoms with van der Waals surface area (Å²) < 4.78 is 7.52. The van der Waals surface area contributed by atoms with Crippen molar-refractivity contribution in [1.29, 1.82) is 0 Å². The molecule has 27 heavy (non-hydrogen) atoms. The van der Waals surface area contributed by atoms with E-state index in [-0.39, 0.29) is 17.8 Å². The molecule has 1 saturated carbocycles. The Morgan fingerprint density at radius 1 is 1.30 bits per heavy atom. The molecular formula is C20H21N3O4. The van der Waals surface area contributed by atoms with Crippen LogP contribution in [-0.2, 0) is 4.74 Å². The Kier molecular flexibility index (Phi) is 4.41. The zero-order chi connectivity index (χ0) is 19.0. The average Bonchev–Trinajstić information content (AvgIpc) is 3.36. The number of rotatable bonds is 7. The lowest BCUT2D eigenvalue weighted by Gasteiger charge is -2.17. The van der Waals surface area contributed by atoms with Gasteiger partial charge in [-0.15, -0.1) is 0 Å². The van der Waals surface area contributed by atoms with Gasteiger partial charge >= 0.3 is 5.97 Å². The Balaban J connectivity index is 1.55. The van der Waals surface area contributed by atoms with Gasteiger partial charge in [-0.25, -0.2) is 14.5 Å². The highest BCUT2D eigenvalue weighted by Crippen LogP contribution is 2.43. The van der Waals surface area contributed by atoms with Crippen LogP contribution in [0.1, 0.15) is 48.2 Å². The first-order chi connectivity index (χ1) is 13.0. The summed E-state index contributed by atoms with van der Waals surface area (Å²) in [6, 6.07) is 8.29. The van der Waals surface area contributed by atoms with Crippen LogP contribution in [0.3, 0.4) is 0 Å². The van der Waals surface area contributed by atoms with Crippen LogP contribution in [0.4, 0.5) is 0 Å². The molecule has 0 spiro atoms. The number of nitrogens with zero attached hydrogens (tertiary/aromatic N) is 3. The van der Waals surface area contributed by atoms with Crippen molar-refractivity contribution in [2.45, 2.75) is 37.9 Å². The number of hydrogen-bond donors (Lipinski definition) is 2. The Morgan fingerprint density at radius 2 is 2.04 bits per heavy atom. The second-order valence-corrected chi connectivity index (χ2v) is 6.95. The zero-order valence-electron chi connectivity index (χ0n) is 15.0. The van der Waals surface area contributed by atoms with Gasteiger partial charge in [-0.3, -0.25) is 0 Å². The van der Waals surface area contributed by atoms with E-state index < -0.39 is 12.1 Å². The molecule has 1 aromatic carbocycles. The van der Waals surface area contributed by atoms with Crippen LogP contribution in [0.25, 0.3) is 16.7 Å². The van der Waals surface area contributed by atoms with Crippen LogP contribution in [0, 0.1) is 0 Å². The van der Waals surface area contributed by atoms with Gasteiger partial charge in [-0.1, -0.05) is 6.92 Å². The molecule has 0 bridgehead atoms. The maximum Gasteiger partial charge on any atom is 0.335 e. The maximum absolute atomic E-state index is 11.0. The zero-order valence-corrected chi connectivity index (χ0v) is 15.0. The Labute approximate surface area is 156 Å². The smallest absolute Gasteiger partial charge is 0.335 e. The summed E-state index contributed by atoms with van der Waals surface area (Å²) in [5.41, 5.74) is 2.23. The lowest BCUT2D eigenvalue weighted by molar-refractivity contribution is -0.0263. The van der Waals surface area contributed by atoms with E-state index in [9.17, 15) is 9.90 Å². The normalized spacial score (nSPS) is 16.4. The van der Waals surface area contributed by atoms with E-state index in [1.807, 2.05) is 6.07 Å². The van der Waals surface area contributed by atoms with Gasteiger partial charge < -0.3 is 14.9 Å². The van der Waals surface area contributed by atoms with Crippen LogP contribution in [0.2, 0.25) is 0 Å². The first-order valence-electron chi connectivity index (χ1n) is 9.01. The Hall–Kier alpha value is -2.77. The van der Waals surface area contributed by atoms with Crippen LogP contribution in [0.15, 0.2) is 42.7 Å². The van der Waals surface area contributed by atoms with Crippen molar-refractivity contribution < 1.29 is 19.7 Å². The number of aliphatic hydroxyl groups is 1. The highest BCUT2D eigenvalue weighted by molar-refractivity contribution is 5.87. The van der Waals surface area contributed by atoms with Crippen LogP contribution >= 0.6 is 0 Å². The first kappa shape index (κ1) is 17.6. The predicted molar refractivity (Wildman–Crippen MR) is 99.0 cm³/mol. The van der Waals surface area contributed by atoms with Gasteiger partial charge in [0.05, 0.1) is 29.7 Å². The van der Waals surface area contributed by atoms with Gasteiger partial charge in [0.2, 0.25) is 0 Å². The molecule has 2 aromatic heterocycles. The highest BCUT2D eigenvalue weighted by atomic mass is 16.5. The van der Waals surface area contributed by atoms with Crippen LogP contribution < -0.4 is 0 Å². The monoisotopic (exact) mass is 367 g/mol. The molecular weight excluding hydrogens is 346 g/mol. The van der Waals surface area contributed by atoms with Gasteiger partial charge in [-0.2, -0.15) is 5.10 Å². The standard InChI is InChI=1S/C20H21N3O4/c1-2-20(7-8-20)27-12-17(24)14-9-15-11-22-23(18(15)21-10-14)16-5-3-13(4-6-16)19(25)26/h3-6,9-11,17,24H,2,7-8,12H2,1H3,(H,25,26)/t17-/m0/s1. The molecule has 2 N–H and O–H groups in total. The lowest BCUT2D eigenvalue weighted by atomic mass is 10.1. The third-order valence-electron chi connectivity index (χ3n) is 5.17. The van der Waals surface area contributed by atoms with E-state index in [2.05, 4.69) is 17.0 Å². The second kappa shape index (κ2) is 6.75. The molecule has 7 heteroatoms. The number of carboxylic acids is 1. The van der Waals surface area contributed by atoms with Crippen molar-refractivity contribution in [3.05, 3.63) is 53.9 Å². The van der Waals surface area contributed by atoms with Gasteiger partial charge in [0.15, 0.2) is 5.65 Å². The summed E-state index contributed by atoms with van der Waals surface area (Å²) in [7, 11) is 0. The molecule has 7 nitrogen and oxygen atoms in total. The largest absolute Gasteiger partial charge is 0.478 e. The number of ether oxygens (including phenoxy) is 1. The predicted octanol–water partition coefficient (Wildman–Crippen LogP) is 3.11. The minimum absolute atomic E-state index is 0.0362. The van der Waals surface area contributed by atoms with Crippen molar-refractivity contribution in [2.75, 3.05) is 6.61 Å². The molecule has 0 radical (unpaired) electrons. The van der Waals surface area contributed by atoms with Crippen LogP contribution in [0.5, 0.6) is 0 Å². The van der Waals surface area contributed by atoms with Crippen molar-refractivity contribution in [2.24, 2.45) is 0 Å². The maximum atomic E-state index is 11.0. The summed E-state index contributed by atoms with van der Waals surface area (Å²) in [6.45, 7) is 2.36. The summed E-state index contributed by atoms with van der Waals surface area (Å²) in [5.74, 6) is -0.970. The number of fused-ring (bicyclic) bond motifs is 1. The molecule has 1 fully saturated rings. The molecule has 1 aliphatic rings. The van der Waals surface area contributed by atoms with Crippen molar-refractivity contribution in [1.82, 2.24) is 14.8 Å². The van der Waals surface area contributed by atoms with Crippen molar-refractivity contribution >= 4 is 17.0 Å². The molecule has 4 rings (SSSR count). The summed E-state index contributed by atoms with van der Waals surface area (Å²) in [4.78, 5) is 15.4. The van der Waals surface area contributed by atoms with E-state index in [1.165, 1.54) is 12.1 Å². The third-order valence-corrected chi connectivity index (χ3v) is 5.17. The molecule has 0 aliphatic heterocycles. The van der Waals surface area contributed by atoms with Crippen LogP contribution in [-0.4, -0.2) is 43.2 Å². The fraction of sp³-hybridized carbons (Fsp3) is 0.350. The Bertz CT molecular complexity index is 977. The topological polar surface area (TPSA) is 97.5 Å². The van der Waals surface area contributed by atoms with E-state index >= 15 is 0 Å². The van der Waals surface area contributed by atoms with Crippen molar-refractivity contribution in [3.63, 3.8) is 0 Å². The van der Waals surface area contributed by atoms with Gasteiger partial charge in [0.25, 0.3) is 0 Å². The summed E-state index contributed by atoms with van der Waals surface area (Å²) >= 11 is 0. The lowest BCUT2D eigenvalue weighted by Crippen LogP contribution is -2.18. The number of aromatic carboxylic acids is 1. The fourth-order valence-electron chi connectivity index (χ4n) is 3.15. The van der Waals surface area contributed by atoms with Gasteiger partial charge in [0, 0.05) is 17.1 Å². The molecule has 2 heterocycles. The molecule has 0 amide bonds. The first-order valence-corrected chi connectivity index (χ1v) is 9.01. The third kappa shape index (κ3) is 3.43. The average molecular weight is 367 g/mol. The number of benzene rings is 1. The molecule has 0 saturated heterocycles. The van der Waals surface area contributed by atoms with Gasteiger partial charge in [0.1, 0.15) is 6.10 Å². The molecule has 0 unspecified atom stereocenters. The molecule has 140 valence electrons. The number of pyridine rings is 1. The van der Waals surface area contributed by atoms with E-state index in [4.69, 9.17) is 9.84 Å². The number of carbonyl (C=O) groups is 1. The van der Waals surface area contributed by atoms with E-state index in [0.717, 1.165) is 30.3 Å². The quantitative estimate of drug-likeness (QED) is 0.666. The van der Waals surface area contributed by atoms with E-state index in [1.54, 1.807) is 29.2 Å². The minimum Gasteiger partial charge on any atom is -0.478 e. The molecule has 3 aromatic rings. The SMILES string of the molecule is CCC1(OC[C@H](O)c2cnc3c(cnn3-c3ccc(C(=O)O)cc3)c2)CC1. The number of aliphatic hydroxyl groups excluding tert-OH is 1. The minimum atomic E-state index is -0.970.